The van der Waals surface area contributed by atoms with E-state index in [-0.39, 0.29) is 5.54 Å². The average Bonchev–Trinajstić information content (AvgIpc) is 2.77. The Morgan fingerprint density at radius 3 is 2.74 bits per heavy atom. The maximum absolute atomic E-state index is 4.28. The van der Waals surface area contributed by atoms with Gasteiger partial charge in [-0.05, 0) is 45.4 Å². The summed E-state index contributed by atoms with van der Waals surface area (Å²) >= 11 is 3.53. The molecule has 1 N–H and O–H groups in total. The summed E-state index contributed by atoms with van der Waals surface area (Å²) in [4.78, 5) is 4.28. The predicted octanol–water partition coefficient (Wildman–Crippen LogP) is 3.83. The van der Waals surface area contributed by atoms with Crippen molar-refractivity contribution in [3.8, 4) is 5.69 Å². The first-order valence-electron chi connectivity index (χ1n) is 6.39. The summed E-state index contributed by atoms with van der Waals surface area (Å²) in [7, 11) is 0. The molecule has 102 valence electrons. The lowest BCUT2D eigenvalue weighted by atomic mass is 10.1. The van der Waals surface area contributed by atoms with E-state index in [2.05, 4.69) is 76.7 Å². The molecule has 2 aromatic rings. The number of aryl methyl sites for hydroxylation is 1. The molecule has 0 fully saturated rings. The Morgan fingerprint density at radius 2 is 2.05 bits per heavy atom. The molecule has 1 aromatic heterocycles. The summed E-state index contributed by atoms with van der Waals surface area (Å²) in [5, 5.41) is 3.50. The van der Waals surface area contributed by atoms with Crippen molar-refractivity contribution in [2.45, 2.75) is 39.8 Å². The third-order valence-corrected chi connectivity index (χ3v) is 3.44. The van der Waals surface area contributed by atoms with Gasteiger partial charge in [0.2, 0.25) is 0 Å². The molecule has 0 amide bonds. The maximum atomic E-state index is 4.28. The molecule has 1 heterocycles. The van der Waals surface area contributed by atoms with Crippen LogP contribution in [-0.4, -0.2) is 15.1 Å². The fourth-order valence-electron chi connectivity index (χ4n) is 1.87. The first kappa shape index (κ1) is 14.3. The Balaban J connectivity index is 2.31. The number of hydrogen-bond donors (Lipinski definition) is 1. The number of halogens is 1. The third-order valence-electron chi connectivity index (χ3n) is 2.95. The van der Waals surface area contributed by atoms with Gasteiger partial charge >= 0.3 is 0 Å². The highest BCUT2D eigenvalue weighted by Gasteiger charge is 2.12. The SMILES string of the molecule is Cc1ccc(Br)cc1-n1cncc1CNC(C)(C)C. The highest BCUT2D eigenvalue weighted by molar-refractivity contribution is 9.10. The largest absolute Gasteiger partial charge is 0.306 e. The molecule has 0 bridgehead atoms. The van der Waals surface area contributed by atoms with Gasteiger partial charge in [-0.2, -0.15) is 0 Å². The molecule has 0 spiro atoms. The van der Waals surface area contributed by atoms with Gasteiger partial charge < -0.3 is 9.88 Å². The molecule has 0 radical (unpaired) electrons. The zero-order valence-electron chi connectivity index (χ0n) is 11.9. The van der Waals surface area contributed by atoms with E-state index < -0.39 is 0 Å². The summed E-state index contributed by atoms with van der Waals surface area (Å²) in [5.74, 6) is 0. The van der Waals surface area contributed by atoms with Crippen molar-refractivity contribution in [2.24, 2.45) is 0 Å². The lowest BCUT2D eigenvalue weighted by molar-refractivity contribution is 0.419. The van der Waals surface area contributed by atoms with Crippen LogP contribution in [-0.2, 0) is 6.54 Å². The van der Waals surface area contributed by atoms with Crippen LogP contribution in [0.2, 0.25) is 0 Å². The maximum Gasteiger partial charge on any atom is 0.0994 e. The Labute approximate surface area is 123 Å². The van der Waals surface area contributed by atoms with E-state index in [9.17, 15) is 0 Å². The number of nitrogens with one attached hydrogen (secondary N) is 1. The summed E-state index contributed by atoms with van der Waals surface area (Å²) < 4.78 is 3.22. The average molecular weight is 322 g/mol. The van der Waals surface area contributed by atoms with Crippen molar-refractivity contribution in [1.82, 2.24) is 14.9 Å². The van der Waals surface area contributed by atoms with Crippen LogP contribution < -0.4 is 5.32 Å². The molecular formula is C15H20BrN3. The number of hydrogen-bond acceptors (Lipinski definition) is 2. The zero-order valence-corrected chi connectivity index (χ0v) is 13.5. The van der Waals surface area contributed by atoms with Crippen LogP contribution >= 0.6 is 15.9 Å². The van der Waals surface area contributed by atoms with E-state index in [1.807, 2.05) is 12.5 Å². The summed E-state index contributed by atoms with van der Waals surface area (Å²) in [5.41, 5.74) is 3.66. The van der Waals surface area contributed by atoms with E-state index >= 15 is 0 Å². The molecule has 0 aliphatic rings. The molecular weight excluding hydrogens is 302 g/mol. The Bertz CT molecular complexity index is 567. The number of imidazole rings is 1. The fraction of sp³-hybridized carbons (Fsp3) is 0.400. The van der Waals surface area contributed by atoms with Crippen molar-refractivity contribution < 1.29 is 0 Å². The topological polar surface area (TPSA) is 29.9 Å². The smallest absolute Gasteiger partial charge is 0.0994 e. The Hall–Kier alpha value is -1.13. The highest BCUT2D eigenvalue weighted by Crippen LogP contribution is 2.21. The van der Waals surface area contributed by atoms with Gasteiger partial charge in [-0.25, -0.2) is 4.98 Å². The van der Waals surface area contributed by atoms with Crippen molar-refractivity contribution in [3.05, 3.63) is 46.5 Å². The van der Waals surface area contributed by atoms with Crippen molar-refractivity contribution in [1.29, 1.82) is 0 Å². The second-order valence-electron chi connectivity index (χ2n) is 5.79. The van der Waals surface area contributed by atoms with Gasteiger partial charge in [0.15, 0.2) is 0 Å². The monoisotopic (exact) mass is 321 g/mol. The van der Waals surface area contributed by atoms with Gasteiger partial charge in [0.1, 0.15) is 0 Å². The van der Waals surface area contributed by atoms with Crippen molar-refractivity contribution in [3.63, 3.8) is 0 Å². The normalized spacial score (nSPS) is 11.8. The lowest BCUT2D eigenvalue weighted by Gasteiger charge is -2.21. The first-order chi connectivity index (χ1) is 8.87. The molecule has 0 aliphatic heterocycles. The van der Waals surface area contributed by atoms with Gasteiger partial charge in [0.25, 0.3) is 0 Å². The summed E-state index contributed by atoms with van der Waals surface area (Å²) in [6.07, 6.45) is 3.79. The predicted molar refractivity (Wildman–Crippen MR) is 82.6 cm³/mol. The minimum atomic E-state index is 0.0986. The van der Waals surface area contributed by atoms with Gasteiger partial charge in [-0.3, -0.25) is 0 Å². The highest BCUT2D eigenvalue weighted by atomic mass is 79.9. The van der Waals surface area contributed by atoms with Crippen LogP contribution in [0.1, 0.15) is 32.0 Å². The van der Waals surface area contributed by atoms with Gasteiger partial charge in [0.05, 0.1) is 17.7 Å². The molecule has 3 nitrogen and oxygen atoms in total. The molecule has 4 heteroatoms. The zero-order chi connectivity index (χ0) is 14.0. The Morgan fingerprint density at radius 1 is 1.32 bits per heavy atom. The van der Waals surface area contributed by atoms with Crippen LogP contribution in [0.4, 0.5) is 0 Å². The van der Waals surface area contributed by atoms with Crippen LogP contribution in [0.3, 0.4) is 0 Å². The lowest BCUT2D eigenvalue weighted by Crippen LogP contribution is -2.35. The standard InChI is InChI=1S/C15H20BrN3/c1-11-5-6-12(16)7-14(11)19-10-17-8-13(19)9-18-15(2,3)4/h5-8,10,18H,9H2,1-4H3. The number of rotatable bonds is 3. The van der Waals surface area contributed by atoms with Crippen LogP contribution in [0.5, 0.6) is 0 Å². The van der Waals surface area contributed by atoms with Crippen LogP contribution in [0.25, 0.3) is 5.69 Å². The van der Waals surface area contributed by atoms with Crippen molar-refractivity contribution >= 4 is 15.9 Å². The van der Waals surface area contributed by atoms with Gasteiger partial charge in [0, 0.05) is 22.8 Å². The number of benzene rings is 1. The molecule has 0 aliphatic carbocycles. The van der Waals surface area contributed by atoms with E-state index in [1.54, 1.807) is 0 Å². The quantitative estimate of drug-likeness (QED) is 0.931. The Kier molecular flexibility index (Phi) is 4.11. The molecule has 0 saturated carbocycles. The first-order valence-corrected chi connectivity index (χ1v) is 7.19. The van der Waals surface area contributed by atoms with Gasteiger partial charge in [-0.15, -0.1) is 0 Å². The van der Waals surface area contributed by atoms with Crippen LogP contribution in [0, 0.1) is 6.92 Å². The van der Waals surface area contributed by atoms with Gasteiger partial charge in [-0.1, -0.05) is 22.0 Å². The third kappa shape index (κ3) is 3.67. The minimum Gasteiger partial charge on any atom is -0.306 e. The van der Waals surface area contributed by atoms with E-state index in [1.165, 1.54) is 5.56 Å². The molecule has 19 heavy (non-hydrogen) atoms. The minimum absolute atomic E-state index is 0.0986. The van der Waals surface area contributed by atoms with E-state index in [0.29, 0.717) is 0 Å². The van der Waals surface area contributed by atoms with E-state index in [0.717, 1.165) is 22.4 Å². The summed E-state index contributed by atoms with van der Waals surface area (Å²) in [6, 6.07) is 6.29. The van der Waals surface area contributed by atoms with Crippen LogP contribution in [0.15, 0.2) is 35.2 Å². The fourth-order valence-corrected chi connectivity index (χ4v) is 2.22. The molecule has 2 rings (SSSR count). The molecule has 1 aromatic carbocycles. The second kappa shape index (κ2) is 5.47. The van der Waals surface area contributed by atoms with E-state index in [4.69, 9.17) is 0 Å². The summed E-state index contributed by atoms with van der Waals surface area (Å²) in [6.45, 7) is 9.41. The molecule has 0 atom stereocenters. The second-order valence-corrected chi connectivity index (χ2v) is 6.71. The number of aromatic nitrogens is 2. The van der Waals surface area contributed by atoms with Crippen molar-refractivity contribution in [2.75, 3.05) is 0 Å². The molecule has 0 unspecified atom stereocenters. The molecule has 0 saturated heterocycles. The number of nitrogens with zero attached hydrogens (tertiary/aromatic N) is 2.